The molecule has 0 saturated carbocycles. The molecule has 0 aromatic heterocycles. The average Bonchev–Trinajstić information content (AvgIpc) is 2.61. The molecule has 1 nitrogen and oxygen atoms in total. The van der Waals surface area contributed by atoms with Crippen molar-refractivity contribution >= 4 is 18.7 Å². The van der Waals surface area contributed by atoms with Crippen LogP contribution in [0.15, 0.2) is 78.9 Å². The summed E-state index contributed by atoms with van der Waals surface area (Å²) in [7, 11) is -2.43. The maximum absolute atomic E-state index is 6.94. The minimum absolute atomic E-state index is 0.0258. The average molecular weight is 331 g/mol. The molecule has 0 amide bonds. The van der Waals surface area contributed by atoms with Crippen LogP contribution in [0.1, 0.15) is 20.8 Å². The molecule has 3 aromatic carbocycles. The van der Waals surface area contributed by atoms with Gasteiger partial charge in [0.1, 0.15) is 5.75 Å². The summed E-state index contributed by atoms with van der Waals surface area (Å²) in [6.07, 6.45) is 0. The first kappa shape index (κ1) is 15.2. The summed E-state index contributed by atoms with van der Waals surface area (Å²) >= 11 is 0. The topological polar surface area (TPSA) is 9.23 Å². The number of para-hydroxylation sites is 1. The lowest BCUT2D eigenvalue weighted by molar-refractivity contribution is 0.506. The minimum Gasteiger partial charge on any atom is -0.534 e. The summed E-state index contributed by atoms with van der Waals surface area (Å²) in [5.41, 5.74) is 2.53. The van der Waals surface area contributed by atoms with Gasteiger partial charge in [-0.3, -0.25) is 0 Å². The predicted octanol–water partition coefficient (Wildman–Crippen LogP) is 4.61. The molecule has 3 aromatic rings. The molecule has 0 radical (unpaired) electrons. The van der Waals surface area contributed by atoms with Crippen molar-refractivity contribution in [2.75, 3.05) is 0 Å². The van der Waals surface area contributed by atoms with Gasteiger partial charge in [-0.2, -0.15) is 0 Å². The van der Waals surface area contributed by atoms with E-state index in [0.717, 1.165) is 5.75 Å². The lowest BCUT2D eigenvalue weighted by Crippen LogP contribution is -2.70. The zero-order valence-electron chi connectivity index (χ0n) is 14.4. The highest BCUT2D eigenvalue weighted by Crippen LogP contribution is 2.44. The van der Waals surface area contributed by atoms with E-state index in [4.69, 9.17) is 4.43 Å². The van der Waals surface area contributed by atoms with Crippen molar-refractivity contribution in [1.82, 2.24) is 0 Å². The van der Waals surface area contributed by atoms with E-state index in [0.29, 0.717) is 0 Å². The van der Waals surface area contributed by atoms with Crippen LogP contribution in [-0.2, 0) is 0 Å². The van der Waals surface area contributed by atoms with Gasteiger partial charge in [-0.05, 0) is 27.0 Å². The Morgan fingerprint density at radius 2 is 1.25 bits per heavy atom. The highest BCUT2D eigenvalue weighted by molar-refractivity contribution is 7.01. The van der Waals surface area contributed by atoms with Crippen LogP contribution in [0.5, 0.6) is 5.75 Å². The molecule has 2 heteroatoms. The van der Waals surface area contributed by atoms with E-state index in [1.807, 2.05) is 0 Å². The van der Waals surface area contributed by atoms with Gasteiger partial charge in [0.2, 0.25) is 0 Å². The van der Waals surface area contributed by atoms with E-state index in [9.17, 15) is 0 Å². The summed E-state index contributed by atoms with van der Waals surface area (Å²) in [6.45, 7) is 6.95. The third kappa shape index (κ3) is 2.06. The third-order valence-electron chi connectivity index (χ3n) is 4.98. The number of rotatable bonds is 1. The molecule has 0 unspecified atom stereocenters. The van der Waals surface area contributed by atoms with Crippen LogP contribution in [0.2, 0.25) is 5.04 Å². The van der Waals surface area contributed by atoms with Crippen LogP contribution in [0.4, 0.5) is 0 Å². The fourth-order valence-electron chi connectivity index (χ4n) is 3.90. The summed E-state index contributed by atoms with van der Waals surface area (Å²) < 4.78 is 6.94. The SMILES string of the molecule is CC(C)(C)[Si@]1(c2ccccc2)Oc2ccccc2-c2ccccc21. The summed E-state index contributed by atoms with van der Waals surface area (Å²) in [6, 6.07) is 28.0. The Hall–Kier alpha value is -2.32. The molecule has 0 aliphatic carbocycles. The van der Waals surface area contributed by atoms with Crippen molar-refractivity contribution < 1.29 is 4.43 Å². The molecule has 0 fully saturated rings. The fourth-order valence-corrected chi connectivity index (χ4v) is 8.52. The predicted molar refractivity (Wildman–Crippen MR) is 104 cm³/mol. The summed E-state index contributed by atoms with van der Waals surface area (Å²) in [4.78, 5) is 0. The van der Waals surface area contributed by atoms with Crippen molar-refractivity contribution in [3.8, 4) is 16.9 Å². The van der Waals surface area contributed by atoms with Crippen LogP contribution in [0.3, 0.4) is 0 Å². The molecule has 4 rings (SSSR count). The van der Waals surface area contributed by atoms with Crippen LogP contribution < -0.4 is 14.8 Å². The van der Waals surface area contributed by atoms with E-state index in [1.54, 1.807) is 0 Å². The van der Waals surface area contributed by atoms with Gasteiger partial charge in [-0.1, -0.05) is 93.6 Å². The zero-order valence-corrected chi connectivity index (χ0v) is 15.4. The maximum Gasteiger partial charge on any atom is 0.320 e. The van der Waals surface area contributed by atoms with E-state index < -0.39 is 8.32 Å². The van der Waals surface area contributed by atoms with Gasteiger partial charge in [0.25, 0.3) is 0 Å². The van der Waals surface area contributed by atoms with E-state index in [2.05, 4.69) is 99.6 Å². The van der Waals surface area contributed by atoms with Crippen LogP contribution in [0.25, 0.3) is 11.1 Å². The van der Waals surface area contributed by atoms with E-state index >= 15 is 0 Å². The molecule has 0 spiro atoms. The van der Waals surface area contributed by atoms with Crippen molar-refractivity contribution in [1.29, 1.82) is 0 Å². The number of hydrogen-bond acceptors (Lipinski definition) is 1. The Balaban J connectivity index is 2.10. The highest BCUT2D eigenvalue weighted by Gasteiger charge is 2.55. The molecule has 24 heavy (non-hydrogen) atoms. The number of hydrogen-bond donors (Lipinski definition) is 0. The molecule has 120 valence electrons. The first-order chi connectivity index (χ1) is 11.5. The van der Waals surface area contributed by atoms with Crippen LogP contribution >= 0.6 is 0 Å². The van der Waals surface area contributed by atoms with Gasteiger partial charge >= 0.3 is 8.32 Å². The van der Waals surface area contributed by atoms with Gasteiger partial charge < -0.3 is 4.43 Å². The quantitative estimate of drug-likeness (QED) is 0.592. The lowest BCUT2D eigenvalue weighted by Gasteiger charge is -2.46. The molecule has 0 saturated heterocycles. The molecule has 0 N–H and O–H groups in total. The van der Waals surface area contributed by atoms with E-state index in [-0.39, 0.29) is 5.04 Å². The minimum atomic E-state index is -2.43. The standard InChI is InChI=1S/C22H22OSi/c1-22(2,3)24(17-11-5-4-6-12-17)21-16-10-8-14-19(21)18-13-7-9-15-20(18)23-24/h4-16H,1-3H3/t24-/m1/s1. The summed E-state index contributed by atoms with van der Waals surface area (Å²) in [5, 5.41) is 2.74. The van der Waals surface area contributed by atoms with Crippen molar-refractivity contribution in [3.63, 3.8) is 0 Å². The number of benzene rings is 3. The molecular formula is C22H22OSi. The Labute approximate surface area is 145 Å². The maximum atomic E-state index is 6.94. The first-order valence-corrected chi connectivity index (χ1v) is 10.4. The Morgan fingerprint density at radius 3 is 1.96 bits per heavy atom. The van der Waals surface area contributed by atoms with Gasteiger partial charge in [0.15, 0.2) is 0 Å². The highest BCUT2D eigenvalue weighted by atomic mass is 28.4. The fraction of sp³-hybridized carbons (Fsp3) is 0.182. The Kier molecular flexibility index (Phi) is 3.39. The zero-order chi connectivity index (χ0) is 16.8. The second kappa shape index (κ2) is 5.35. The second-order valence-electron chi connectivity index (χ2n) is 7.44. The smallest absolute Gasteiger partial charge is 0.320 e. The molecule has 1 atom stereocenters. The lowest BCUT2D eigenvalue weighted by atomic mass is 10.0. The largest absolute Gasteiger partial charge is 0.534 e. The molecule has 1 aliphatic heterocycles. The monoisotopic (exact) mass is 330 g/mol. The first-order valence-electron chi connectivity index (χ1n) is 8.47. The Bertz CT molecular complexity index is 880. The van der Waals surface area contributed by atoms with Gasteiger partial charge in [0.05, 0.1) is 0 Å². The van der Waals surface area contributed by atoms with Crippen LogP contribution in [-0.4, -0.2) is 8.32 Å². The molecule has 1 heterocycles. The molecule has 0 bridgehead atoms. The van der Waals surface area contributed by atoms with Gasteiger partial charge in [0, 0.05) is 5.56 Å². The summed E-state index contributed by atoms with van der Waals surface area (Å²) in [5.74, 6) is 1.02. The normalized spacial score (nSPS) is 19.1. The molecule has 1 aliphatic rings. The second-order valence-corrected chi connectivity index (χ2v) is 11.6. The van der Waals surface area contributed by atoms with Gasteiger partial charge in [-0.15, -0.1) is 0 Å². The molecular weight excluding hydrogens is 308 g/mol. The van der Waals surface area contributed by atoms with Gasteiger partial charge in [-0.25, -0.2) is 0 Å². The van der Waals surface area contributed by atoms with Crippen LogP contribution in [0, 0.1) is 0 Å². The van der Waals surface area contributed by atoms with Crippen molar-refractivity contribution in [2.24, 2.45) is 0 Å². The Morgan fingerprint density at radius 1 is 0.667 bits per heavy atom. The number of fused-ring (bicyclic) bond motifs is 3. The van der Waals surface area contributed by atoms with Crippen molar-refractivity contribution in [2.45, 2.75) is 25.8 Å². The van der Waals surface area contributed by atoms with Crippen molar-refractivity contribution in [3.05, 3.63) is 78.9 Å². The van der Waals surface area contributed by atoms with E-state index in [1.165, 1.54) is 21.5 Å². The third-order valence-corrected chi connectivity index (χ3v) is 9.96.